The lowest BCUT2D eigenvalue weighted by molar-refractivity contribution is -0.119. The smallest absolute Gasteiger partial charge is 0.240 e. The molecule has 1 heterocycles. The van der Waals surface area contributed by atoms with Crippen molar-refractivity contribution >= 4 is 21.6 Å². The zero-order valence-corrected chi connectivity index (χ0v) is 15.1. The van der Waals surface area contributed by atoms with E-state index < -0.39 is 10.0 Å². The number of sulfonamides is 1. The van der Waals surface area contributed by atoms with Gasteiger partial charge in [0, 0.05) is 24.2 Å². The number of nitrogens with zero attached hydrogens (tertiary/aromatic N) is 1. The Bertz CT molecular complexity index is 831. The lowest BCUT2D eigenvalue weighted by atomic mass is 9.96. The summed E-state index contributed by atoms with van der Waals surface area (Å²) in [5, 5.41) is 0. The Morgan fingerprint density at radius 3 is 2.64 bits per heavy atom. The molecule has 3 atom stereocenters. The second-order valence-electron chi connectivity index (χ2n) is 8.21. The van der Waals surface area contributed by atoms with Crippen molar-refractivity contribution in [1.29, 1.82) is 0 Å². The first kappa shape index (κ1) is 15.8. The monoisotopic (exact) mass is 360 g/mol. The summed E-state index contributed by atoms with van der Waals surface area (Å²) in [6.07, 6.45) is 7.29. The third kappa shape index (κ3) is 2.70. The highest BCUT2D eigenvalue weighted by atomic mass is 32.2. The number of benzene rings is 1. The van der Waals surface area contributed by atoms with Crippen molar-refractivity contribution in [3.63, 3.8) is 0 Å². The quantitative estimate of drug-likeness (QED) is 0.897. The second-order valence-corrected chi connectivity index (χ2v) is 9.92. The van der Waals surface area contributed by atoms with Crippen LogP contribution in [0.4, 0.5) is 5.69 Å². The van der Waals surface area contributed by atoms with Gasteiger partial charge in [-0.2, -0.15) is 0 Å². The predicted octanol–water partition coefficient (Wildman–Crippen LogP) is 2.45. The molecule has 5 nitrogen and oxygen atoms in total. The molecule has 25 heavy (non-hydrogen) atoms. The zero-order chi connectivity index (χ0) is 17.2. The van der Waals surface area contributed by atoms with Gasteiger partial charge in [-0.1, -0.05) is 6.42 Å². The summed E-state index contributed by atoms with van der Waals surface area (Å²) in [7, 11) is -3.48. The molecule has 0 radical (unpaired) electrons. The molecule has 3 saturated carbocycles. The standard InChI is InChI=1S/C19H24N2O3S/c22-19(13-3-4-13)21-8-7-15-11-16(5-6-18(15)21)25(23,24)20-17-10-12-1-2-14(17)9-12/h5-6,11-14,17,20H,1-4,7-10H2. The van der Waals surface area contributed by atoms with Crippen LogP contribution in [0.3, 0.4) is 0 Å². The molecule has 3 unspecified atom stereocenters. The first-order valence-electron chi connectivity index (χ1n) is 9.48. The molecule has 3 aliphatic carbocycles. The summed E-state index contributed by atoms with van der Waals surface area (Å²) in [5.41, 5.74) is 1.88. The molecule has 1 aliphatic heterocycles. The van der Waals surface area contributed by atoms with Gasteiger partial charge < -0.3 is 4.90 Å². The SMILES string of the molecule is O=C(C1CC1)N1CCc2cc(S(=O)(=O)NC3CC4CCC3C4)ccc21. The average Bonchev–Trinajstić information content (AvgIpc) is 3.03. The molecule has 2 bridgehead atoms. The Hall–Kier alpha value is -1.40. The Labute approximate surface area is 148 Å². The number of rotatable bonds is 4. The topological polar surface area (TPSA) is 66.5 Å². The number of hydrogen-bond acceptors (Lipinski definition) is 3. The van der Waals surface area contributed by atoms with E-state index >= 15 is 0 Å². The summed E-state index contributed by atoms with van der Waals surface area (Å²) in [6, 6.07) is 5.35. The summed E-state index contributed by atoms with van der Waals surface area (Å²) in [4.78, 5) is 14.5. The summed E-state index contributed by atoms with van der Waals surface area (Å²) < 4.78 is 28.6. The van der Waals surface area contributed by atoms with Gasteiger partial charge in [-0.15, -0.1) is 0 Å². The third-order valence-corrected chi connectivity index (χ3v) is 7.98. The molecule has 3 fully saturated rings. The molecule has 6 heteroatoms. The number of hydrogen-bond donors (Lipinski definition) is 1. The van der Waals surface area contributed by atoms with Crippen molar-refractivity contribution in [2.24, 2.45) is 17.8 Å². The fraction of sp³-hybridized carbons (Fsp3) is 0.632. The number of carbonyl (C=O) groups is 1. The maximum absolute atomic E-state index is 12.8. The minimum atomic E-state index is -3.48. The van der Waals surface area contributed by atoms with E-state index in [1.54, 1.807) is 12.1 Å². The van der Waals surface area contributed by atoms with Crippen molar-refractivity contribution in [2.45, 2.75) is 55.9 Å². The van der Waals surface area contributed by atoms with E-state index in [0.29, 0.717) is 23.3 Å². The van der Waals surface area contributed by atoms with Gasteiger partial charge in [-0.25, -0.2) is 13.1 Å². The zero-order valence-electron chi connectivity index (χ0n) is 14.3. The average molecular weight is 360 g/mol. The predicted molar refractivity (Wildman–Crippen MR) is 94.8 cm³/mol. The molecule has 0 spiro atoms. The number of amides is 1. The van der Waals surface area contributed by atoms with E-state index in [9.17, 15) is 13.2 Å². The van der Waals surface area contributed by atoms with Gasteiger partial charge in [-0.05, 0) is 74.1 Å². The Balaban J connectivity index is 1.37. The number of nitrogens with one attached hydrogen (secondary N) is 1. The van der Waals surface area contributed by atoms with Gasteiger partial charge in [0.25, 0.3) is 0 Å². The largest absolute Gasteiger partial charge is 0.312 e. The van der Waals surface area contributed by atoms with Crippen LogP contribution in [0.25, 0.3) is 0 Å². The van der Waals surface area contributed by atoms with E-state index in [0.717, 1.165) is 43.4 Å². The lowest BCUT2D eigenvalue weighted by Crippen LogP contribution is -2.38. The summed E-state index contributed by atoms with van der Waals surface area (Å²) in [6.45, 7) is 0.675. The molecule has 1 aromatic carbocycles. The van der Waals surface area contributed by atoms with Gasteiger partial charge in [0.05, 0.1) is 4.90 Å². The fourth-order valence-electron chi connectivity index (χ4n) is 4.98. The van der Waals surface area contributed by atoms with E-state index in [4.69, 9.17) is 0 Å². The first-order chi connectivity index (χ1) is 12.0. The van der Waals surface area contributed by atoms with Crippen molar-refractivity contribution in [1.82, 2.24) is 4.72 Å². The maximum Gasteiger partial charge on any atom is 0.240 e. The molecular weight excluding hydrogens is 336 g/mol. The van der Waals surface area contributed by atoms with Gasteiger partial charge in [0.15, 0.2) is 0 Å². The fourth-order valence-corrected chi connectivity index (χ4v) is 6.35. The van der Waals surface area contributed by atoms with E-state index in [1.807, 2.05) is 11.0 Å². The van der Waals surface area contributed by atoms with Crippen LogP contribution in [0, 0.1) is 17.8 Å². The van der Waals surface area contributed by atoms with E-state index in [1.165, 1.54) is 12.8 Å². The first-order valence-corrected chi connectivity index (χ1v) is 11.0. The molecular formula is C19H24N2O3S. The minimum Gasteiger partial charge on any atom is -0.312 e. The number of carbonyl (C=O) groups excluding carboxylic acids is 1. The molecule has 1 amide bonds. The Morgan fingerprint density at radius 1 is 1.12 bits per heavy atom. The highest BCUT2D eigenvalue weighted by molar-refractivity contribution is 7.89. The van der Waals surface area contributed by atoms with Crippen LogP contribution < -0.4 is 9.62 Å². The third-order valence-electron chi connectivity index (χ3n) is 6.49. The molecule has 1 aromatic rings. The van der Waals surface area contributed by atoms with Crippen molar-refractivity contribution in [2.75, 3.05) is 11.4 Å². The summed E-state index contributed by atoms with van der Waals surface area (Å²) in [5.74, 6) is 1.61. The van der Waals surface area contributed by atoms with Crippen LogP contribution in [0.1, 0.15) is 44.1 Å². The van der Waals surface area contributed by atoms with Gasteiger partial charge >= 0.3 is 0 Å². The van der Waals surface area contributed by atoms with E-state index in [2.05, 4.69) is 4.72 Å². The lowest BCUT2D eigenvalue weighted by Gasteiger charge is -2.23. The molecule has 5 rings (SSSR count). The van der Waals surface area contributed by atoms with E-state index in [-0.39, 0.29) is 17.9 Å². The van der Waals surface area contributed by atoms with Crippen molar-refractivity contribution in [3.05, 3.63) is 23.8 Å². The number of fused-ring (bicyclic) bond motifs is 3. The molecule has 134 valence electrons. The molecule has 4 aliphatic rings. The van der Waals surface area contributed by atoms with Crippen LogP contribution in [0.15, 0.2) is 23.1 Å². The minimum absolute atomic E-state index is 0.102. The van der Waals surface area contributed by atoms with Gasteiger partial charge in [-0.3, -0.25) is 4.79 Å². The Morgan fingerprint density at radius 2 is 1.96 bits per heavy atom. The highest BCUT2D eigenvalue weighted by Gasteiger charge is 2.41. The Kier molecular flexibility index (Phi) is 3.51. The van der Waals surface area contributed by atoms with Gasteiger partial charge in [0.2, 0.25) is 15.9 Å². The van der Waals surface area contributed by atoms with Crippen LogP contribution in [-0.2, 0) is 21.2 Å². The summed E-state index contributed by atoms with van der Waals surface area (Å²) >= 11 is 0. The van der Waals surface area contributed by atoms with Crippen LogP contribution in [0.2, 0.25) is 0 Å². The van der Waals surface area contributed by atoms with Crippen LogP contribution in [-0.4, -0.2) is 26.9 Å². The second kappa shape index (κ2) is 5.55. The van der Waals surface area contributed by atoms with Crippen molar-refractivity contribution in [3.8, 4) is 0 Å². The molecule has 0 aromatic heterocycles. The van der Waals surface area contributed by atoms with Crippen LogP contribution in [0.5, 0.6) is 0 Å². The number of anilines is 1. The van der Waals surface area contributed by atoms with Crippen LogP contribution >= 0.6 is 0 Å². The highest BCUT2D eigenvalue weighted by Crippen LogP contribution is 2.45. The molecule has 0 saturated heterocycles. The normalized spacial score (nSPS) is 30.7. The van der Waals surface area contributed by atoms with Crippen molar-refractivity contribution < 1.29 is 13.2 Å². The maximum atomic E-state index is 12.8. The van der Waals surface area contributed by atoms with Gasteiger partial charge in [0.1, 0.15) is 0 Å². The molecule has 1 N–H and O–H groups in total.